The summed E-state index contributed by atoms with van der Waals surface area (Å²) in [6.45, 7) is 0. The van der Waals surface area contributed by atoms with Crippen LogP contribution in [0.5, 0.6) is 0 Å². The van der Waals surface area contributed by atoms with E-state index in [0.717, 1.165) is 23.3 Å². The Kier molecular flexibility index (Phi) is 3.79. The zero-order valence-electron chi connectivity index (χ0n) is 15.0. The number of rotatable bonds is 3. The summed E-state index contributed by atoms with van der Waals surface area (Å²) in [5.74, 6) is 0. The van der Waals surface area contributed by atoms with Crippen LogP contribution in [0.4, 0.5) is 5.69 Å². The molecule has 1 atom stereocenters. The maximum Gasteiger partial charge on any atom is 0.269 e. The third kappa shape index (κ3) is 2.68. The molecular weight excluding hydrogens is 350 g/mol. The maximum atomic E-state index is 10.9. The first-order valence-corrected chi connectivity index (χ1v) is 9.18. The highest BCUT2D eigenvalue weighted by molar-refractivity contribution is 6.21. The van der Waals surface area contributed by atoms with E-state index in [0.29, 0.717) is 0 Å². The van der Waals surface area contributed by atoms with Crippen molar-refractivity contribution < 1.29 is 4.92 Å². The van der Waals surface area contributed by atoms with E-state index in [4.69, 9.17) is 0 Å². The second kappa shape index (κ2) is 6.46. The van der Waals surface area contributed by atoms with Gasteiger partial charge in [-0.25, -0.2) is 0 Å². The van der Waals surface area contributed by atoms with Gasteiger partial charge in [-0.1, -0.05) is 60.7 Å². The van der Waals surface area contributed by atoms with Crippen LogP contribution in [0.25, 0.3) is 21.5 Å². The predicted molar refractivity (Wildman–Crippen MR) is 112 cm³/mol. The Hall–Kier alpha value is -3.73. The summed E-state index contributed by atoms with van der Waals surface area (Å²) in [6.07, 6.45) is 0.732. The van der Waals surface area contributed by atoms with Gasteiger partial charge < -0.3 is 5.43 Å². The van der Waals surface area contributed by atoms with Crippen molar-refractivity contribution in [2.45, 2.75) is 12.5 Å². The molecule has 5 heteroatoms. The molecule has 0 radical (unpaired) electrons. The highest BCUT2D eigenvalue weighted by atomic mass is 16.6. The molecule has 4 aromatic rings. The number of non-ortho nitro benzene ring substituents is 1. The van der Waals surface area contributed by atoms with Crippen molar-refractivity contribution in [3.05, 3.63) is 100 Å². The van der Waals surface area contributed by atoms with Gasteiger partial charge in [0.05, 0.1) is 16.7 Å². The summed E-state index contributed by atoms with van der Waals surface area (Å²) in [5, 5.41) is 20.3. The molecule has 1 N–H and O–H groups in total. The molecule has 4 aromatic carbocycles. The molecule has 0 saturated heterocycles. The summed E-state index contributed by atoms with van der Waals surface area (Å²) in [6, 6.07) is 25.6. The maximum absolute atomic E-state index is 10.9. The molecule has 0 fully saturated rings. The molecule has 0 spiro atoms. The summed E-state index contributed by atoms with van der Waals surface area (Å²) < 4.78 is 0. The molecule has 0 saturated carbocycles. The minimum Gasteiger partial charge on any atom is -0.302 e. The van der Waals surface area contributed by atoms with Crippen LogP contribution in [0.15, 0.2) is 84.0 Å². The Morgan fingerprint density at radius 3 is 2.11 bits per heavy atom. The number of nitrogens with zero attached hydrogens (tertiary/aromatic N) is 2. The van der Waals surface area contributed by atoms with E-state index in [2.05, 4.69) is 65.1 Å². The molecule has 0 aliphatic carbocycles. The molecule has 1 aliphatic rings. The zero-order valence-corrected chi connectivity index (χ0v) is 15.0. The van der Waals surface area contributed by atoms with Crippen molar-refractivity contribution in [2.24, 2.45) is 5.10 Å². The summed E-state index contributed by atoms with van der Waals surface area (Å²) >= 11 is 0. The van der Waals surface area contributed by atoms with Crippen LogP contribution in [0, 0.1) is 10.1 Å². The van der Waals surface area contributed by atoms with Crippen molar-refractivity contribution in [2.75, 3.05) is 0 Å². The van der Waals surface area contributed by atoms with Gasteiger partial charge in [0.1, 0.15) is 0 Å². The number of nitrogens with one attached hydrogen (secondary N) is 1. The first-order valence-electron chi connectivity index (χ1n) is 9.18. The predicted octanol–water partition coefficient (Wildman–Crippen LogP) is 5.34. The van der Waals surface area contributed by atoms with E-state index in [1.54, 1.807) is 24.3 Å². The van der Waals surface area contributed by atoms with E-state index < -0.39 is 0 Å². The van der Waals surface area contributed by atoms with Crippen LogP contribution in [0.3, 0.4) is 0 Å². The van der Waals surface area contributed by atoms with Gasteiger partial charge in [-0.2, -0.15) is 5.10 Å². The fraction of sp³-hybridized carbons (Fsp3) is 0.0870. The zero-order chi connectivity index (χ0) is 19.1. The first-order chi connectivity index (χ1) is 13.7. The number of hydrogen-bond acceptors (Lipinski definition) is 4. The smallest absolute Gasteiger partial charge is 0.269 e. The Bertz CT molecular complexity index is 1190. The van der Waals surface area contributed by atoms with E-state index >= 15 is 0 Å². The average molecular weight is 367 g/mol. The molecule has 1 heterocycles. The van der Waals surface area contributed by atoms with Gasteiger partial charge in [-0.15, -0.1) is 0 Å². The number of fused-ring (bicyclic) bond motifs is 2. The SMILES string of the molecule is O=[N+]([O-])c1ccc([C@@H]2CC(c3c4ccccc4cc4ccccc34)=NN2)cc1. The lowest BCUT2D eigenvalue weighted by atomic mass is 9.91. The Morgan fingerprint density at radius 1 is 0.893 bits per heavy atom. The van der Waals surface area contributed by atoms with Gasteiger partial charge in [0.15, 0.2) is 0 Å². The van der Waals surface area contributed by atoms with Crippen molar-refractivity contribution in [1.82, 2.24) is 5.43 Å². The van der Waals surface area contributed by atoms with Crippen LogP contribution >= 0.6 is 0 Å². The summed E-state index contributed by atoms with van der Waals surface area (Å²) in [4.78, 5) is 10.5. The van der Waals surface area contributed by atoms with Crippen LogP contribution in [0.1, 0.15) is 23.6 Å². The molecule has 0 unspecified atom stereocenters. The molecule has 5 rings (SSSR count). The van der Waals surface area contributed by atoms with Crippen molar-refractivity contribution in [1.29, 1.82) is 0 Å². The second-order valence-electron chi connectivity index (χ2n) is 6.99. The number of benzene rings is 4. The third-order valence-corrected chi connectivity index (χ3v) is 5.32. The van der Waals surface area contributed by atoms with E-state index in [1.807, 2.05) is 0 Å². The number of hydrogen-bond donors (Lipinski definition) is 1. The van der Waals surface area contributed by atoms with Gasteiger partial charge in [0.25, 0.3) is 5.69 Å². The minimum absolute atomic E-state index is 0.00790. The first kappa shape index (κ1) is 16.4. The van der Waals surface area contributed by atoms with E-state index in [1.165, 1.54) is 21.5 Å². The standard InChI is InChI=1S/C23H17N3O2/c27-26(28)18-11-9-15(10-12-18)21-14-22(25-24-21)23-19-7-3-1-5-16(19)13-17-6-2-4-8-20(17)23/h1-13,21,24H,14H2/t21-/m0/s1. The molecular formula is C23H17N3O2. The molecule has 0 aromatic heterocycles. The fourth-order valence-electron chi connectivity index (χ4n) is 3.94. The van der Waals surface area contributed by atoms with Crippen molar-refractivity contribution >= 4 is 32.9 Å². The highest BCUT2D eigenvalue weighted by Crippen LogP contribution is 2.33. The van der Waals surface area contributed by atoms with Gasteiger partial charge in [-0.3, -0.25) is 10.1 Å². The van der Waals surface area contributed by atoms with E-state index in [-0.39, 0.29) is 16.7 Å². The Labute approximate surface area is 161 Å². The topological polar surface area (TPSA) is 67.5 Å². The Morgan fingerprint density at radius 2 is 1.50 bits per heavy atom. The lowest BCUT2D eigenvalue weighted by Crippen LogP contribution is -2.10. The normalized spacial score (nSPS) is 16.1. The number of nitro benzene ring substituents is 1. The van der Waals surface area contributed by atoms with Crippen molar-refractivity contribution in [3.63, 3.8) is 0 Å². The van der Waals surface area contributed by atoms with Crippen molar-refractivity contribution in [3.8, 4) is 0 Å². The van der Waals surface area contributed by atoms with E-state index in [9.17, 15) is 10.1 Å². The fourth-order valence-corrected chi connectivity index (χ4v) is 3.94. The van der Waals surface area contributed by atoms with Crippen LogP contribution in [-0.4, -0.2) is 10.6 Å². The number of nitro groups is 1. The molecule has 1 aliphatic heterocycles. The minimum atomic E-state index is -0.379. The van der Waals surface area contributed by atoms with Crippen LogP contribution in [-0.2, 0) is 0 Å². The molecule has 5 nitrogen and oxygen atoms in total. The van der Waals surface area contributed by atoms with Crippen LogP contribution < -0.4 is 5.43 Å². The average Bonchev–Trinajstić information content (AvgIpc) is 3.21. The summed E-state index contributed by atoms with van der Waals surface area (Å²) in [7, 11) is 0. The van der Waals surface area contributed by atoms with Gasteiger partial charge >= 0.3 is 0 Å². The lowest BCUT2D eigenvalue weighted by Gasteiger charge is -2.12. The molecule has 28 heavy (non-hydrogen) atoms. The Balaban J connectivity index is 1.56. The second-order valence-corrected chi connectivity index (χ2v) is 6.99. The third-order valence-electron chi connectivity index (χ3n) is 5.32. The van der Waals surface area contributed by atoms with Gasteiger partial charge in [-0.05, 0) is 33.2 Å². The lowest BCUT2D eigenvalue weighted by molar-refractivity contribution is -0.384. The highest BCUT2D eigenvalue weighted by Gasteiger charge is 2.24. The molecule has 0 amide bonds. The van der Waals surface area contributed by atoms with Gasteiger partial charge in [0, 0.05) is 24.1 Å². The number of hydrazone groups is 1. The van der Waals surface area contributed by atoms with Crippen LogP contribution in [0.2, 0.25) is 0 Å². The largest absolute Gasteiger partial charge is 0.302 e. The molecule has 136 valence electrons. The monoisotopic (exact) mass is 367 g/mol. The van der Waals surface area contributed by atoms with Gasteiger partial charge in [0.2, 0.25) is 0 Å². The molecule has 0 bridgehead atoms. The quantitative estimate of drug-likeness (QED) is 0.302. The summed E-state index contributed by atoms with van der Waals surface area (Å²) in [5.41, 5.74) is 6.48.